The maximum absolute atomic E-state index is 11.4. The SMILES string of the molecule is CCC1(CC)C(=O)NC(=O)N1C. The number of carbonyl (C=O) groups excluding carboxylic acids is 2. The Kier molecular flexibility index (Phi) is 2.08. The van der Waals surface area contributed by atoms with Crippen molar-refractivity contribution in [3.8, 4) is 0 Å². The van der Waals surface area contributed by atoms with Crippen molar-refractivity contribution < 1.29 is 9.59 Å². The first kappa shape index (κ1) is 9.03. The molecule has 0 atom stereocenters. The van der Waals surface area contributed by atoms with Gasteiger partial charge in [0.15, 0.2) is 0 Å². The summed E-state index contributed by atoms with van der Waals surface area (Å²) >= 11 is 0. The molecule has 12 heavy (non-hydrogen) atoms. The fourth-order valence-corrected chi connectivity index (χ4v) is 1.69. The summed E-state index contributed by atoms with van der Waals surface area (Å²) in [4.78, 5) is 24.0. The van der Waals surface area contributed by atoms with E-state index in [0.29, 0.717) is 12.8 Å². The molecule has 4 nitrogen and oxygen atoms in total. The molecule has 0 aromatic carbocycles. The van der Waals surface area contributed by atoms with Crippen LogP contribution in [0.5, 0.6) is 0 Å². The molecular weight excluding hydrogens is 156 g/mol. The molecule has 1 rings (SSSR count). The number of hydrogen-bond acceptors (Lipinski definition) is 2. The van der Waals surface area contributed by atoms with Gasteiger partial charge < -0.3 is 4.90 Å². The molecule has 0 unspecified atom stereocenters. The Balaban J connectivity index is 3.01. The lowest BCUT2D eigenvalue weighted by Gasteiger charge is -2.30. The maximum Gasteiger partial charge on any atom is 0.324 e. The highest BCUT2D eigenvalue weighted by molar-refractivity contribution is 6.06. The van der Waals surface area contributed by atoms with E-state index in [1.165, 1.54) is 4.90 Å². The average Bonchev–Trinajstić information content (AvgIpc) is 2.26. The van der Waals surface area contributed by atoms with Crippen molar-refractivity contribution in [1.29, 1.82) is 0 Å². The van der Waals surface area contributed by atoms with Crippen LogP contribution >= 0.6 is 0 Å². The standard InChI is InChI=1S/C8H14N2O2/c1-4-8(5-2)6(11)9-7(12)10(8)3/h4-5H2,1-3H3,(H,9,11,12). The van der Waals surface area contributed by atoms with Crippen molar-refractivity contribution in [2.24, 2.45) is 0 Å². The third kappa shape index (κ3) is 0.906. The average molecular weight is 170 g/mol. The molecule has 1 aliphatic heterocycles. The Morgan fingerprint density at radius 3 is 2.00 bits per heavy atom. The van der Waals surface area contributed by atoms with Crippen LogP contribution in [0, 0.1) is 0 Å². The minimum atomic E-state index is -0.600. The Morgan fingerprint density at radius 1 is 1.33 bits per heavy atom. The molecule has 1 fully saturated rings. The summed E-state index contributed by atoms with van der Waals surface area (Å²) in [6.45, 7) is 3.83. The first-order valence-corrected chi connectivity index (χ1v) is 4.17. The number of imide groups is 1. The maximum atomic E-state index is 11.4. The third-order valence-electron chi connectivity index (χ3n) is 2.76. The highest BCUT2D eigenvalue weighted by Crippen LogP contribution is 2.26. The first-order chi connectivity index (χ1) is 5.58. The van der Waals surface area contributed by atoms with Gasteiger partial charge in [-0.1, -0.05) is 13.8 Å². The van der Waals surface area contributed by atoms with Crippen molar-refractivity contribution in [2.75, 3.05) is 7.05 Å². The van der Waals surface area contributed by atoms with E-state index in [2.05, 4.69) is 5.32 Å². The van der Waals surface area contributed by atoms with E-state index >= 15 is 0 Å². The molecule has 1 N–H and O–H groups in total. The highest BCUT2D eigenvalue weighted by atomic mass is 16.2. The van der Waals surface area contributed by atoms with Crippen molar-refractivity contribution in [3.05, 3.63) is 0 Å². The molecule has 68 valence electrons. The zero-order valence-corrected chi connectivity index (χ0v) is 7.68. The van der Waals surface area contributed by atoms with Gasteiger partial charge in [0.2, 0.25) is 0 Å². The number of amides is 3. The van der Waals surface area contributed by atoms with E-state index in [-0.39, 0.29) is 11.9 Å². The Hall–Kier alpha value is -1.06. The van der Waals surface area contributed by atoms with Gasteiger partial charge in [-0.15, -0.1) is 0 Å². The minimum Gasteiger partial charge on any atom is -0.313 e. The predicted octanol–water partition coefficient (Wildman–Crippen LogP) is 0.727. The Morgan fingerprint density at radius 2 is 1.83 bits per heavy atom. The van der Waals surface area contributed by atoms with Crippen molar-refractivity contribution >= 4 is 11.9 Å². The van der Waals surface area contributed by atoms with Gasteiger partial charge in [-0.3, -0.25) is 10.1 Å². The second kappa shape index (κ2) is 2.77. The molecule has 0 aliphatic carbocycles. The number of hydrogen-bond donors (Lipinski definition) is 1. The largest absolute Gasteiger partial charge is 0.324 e. The quantitative estimate of drug-likeness (QED) is 0.621. The first-order valence-electron chi connectivity index (χ1n) is 4.17. The second-order valence-electron chi connectivity index (χ2n) is 3.06. The zero-order chi connectivity index (χ0) is 9.35. The van der Waals surface area contributed by atoms with Gasteiger partial charge in [-0.25, -0.2) is 4.79 Å². The van der Waals surface area contributed by atoms with Crippen LogP contribution in [-0.2, 0) is 4.79 Å². The van der Waals surface area contributed by atoms with Crippen LogP contribution in [0.2, 0.25) is 0 Å². The van der Waals surface area contributed by atoms with Gasteiger partial charge in [0.1, 0.15) is 5.54 Å². The van der Waals surface area contributed by atoms with Crippen molar-refractivity contribution in [3.63, 3.8) is 0 Å². The summed E-state index contributed by atoms with van der Waals surface area (Å²) in [6, 6.07) is -0.288. The van der Waals surface area contributed by atoms with Gasteiger partial charge in [0.25, 0.3) is 5.91 Å². The molecule has 0 aromatic rings. The predicted molar refractivity (Wildman–Crippen MR) is 44.6 cm³/mol. The van der Waals surface area contributed by atoms with Gasteiger partial charge in [-0.05, 0) is 12.8 Å². The lowest BCUT2D eigenvalue weighted by Crippen LogP contribution is -2.46. The van der Waals surface area contributed by atoms with E-state index in [1.807, 2.05) is 13.8 Å². The summed E-state index contributed by atoms with van der Waals surface area (Å²) in [5, 5.41) is 2.31. The lowest BCUT2D eigenvalue weighted by atomic mass is 9.92. The number of urea groups is 1. The molecule has 1 saturated heterocycles. The summed E-state index contributed by atoms with van der Waals surface area (Å²) in [5.41, 5.74) is -0.600. The highest BCUT2D eigenvalue weighted by Gasteiger charge is 2.47. The van der Waals surface area contributed by atoms with Crippen LogP contribution in [0.1, 0.15) is 26.7 Å². The Labute approximate surface area is 71.9 Å². The molecular formula is C8H14N2O2. The summed E-state index contributed by atoms with van der Waals surface area (Å²) in [7, 11) is 1.66. The van der Waals surface area contributed by atoms with Gasteiger partial charge in [-0.2, -0.15) is 0 Å². The van der Waals surface area contributed by atoms with Crippen LogP contribution in [0.25, 0.3) is 0 Å². The van der Waals surface area contributed by atoms with E-state index in [4.69, 9.17) is 0 Å². The molecule has 0 bridgehead atoms. The topological polar surface area (TPSA) is 49.4 Å². The smallest absolute Gasteiger partial charge is 0.313 e. The van der Waals surface area contributed by atoms with Crippen LogP contribution in [-0.4, -0.2) is 29.4 Å². The summed E-state index contributed by atoms with van der Waals surface area (Å²) in [5.74, 6) is -0.167. The van der Waals surface area contributed by atoms with Crippen LogP contribution in [0.4, 0.5) is 4.79 Å². The molecule has 4 heteroatoms. The molecule has 0 saturated carbocycles. The Bertz CT molecular complexity index is 221. The van der Waals surface area contributed by atoms with Gasteiger partial charge >= 0.3 is 6.03 Å². The van der Waals surface area contributed by atoms with Crippen molar-refractivity contribution in [1.82, 2.24) is 10.2 Å². The minimum absolute atomic E-state index is 0.167. The van der Waals surface area contributed by atoms with Crippen molar-refractivity contribution in [2.45, 2.75) is 32.2 Å². The zero-order valence-electron chi connectivity index (χ0n) is 7.68. The van der Waals surface area contributed by atoms with E-state index < -0.39 is 5.54 Å². The van der Waals surface area contributed by atoms with E-state index in [9.17, 15) is 9.59 Å². The van der Waals surface area contributed by atoms with Gasteiger partial charge in [0, 0.05) is 7.05 Å². The second-order valence-corrected chi connectivity index (χ2v) is 3.06. The molecule has 1 heterocycles. The number of rotatable bonds is 2. The number of nitrogens with one attached hydrogen (secondary N) is 1. The monoisotopic (exact) mass is 170 g/mol. The summed E-state index contributed by atoms with van der Waals surface area (Å²) in [6.07, 6.45) is 1.33. The number of carbonyl (C=O) groups is 2. The molecule has 0 radical (unpaired) electrons. The third-order valence-corrected chi connectivity index (χ3v) is 2.76. The molecule has 0 spiro atoms. The van der Waals surface area contributed by atoms with Gasteiger partial charge in [0.05, 0.1) is 0 Å². The molecule has 3 amide bonds. The molecule has 0 aromatic heterocycles. The van der Waals surface area contributed by atoms with Crippen LogP contribution < -0.4 is 5.32 Å². The number of nitrogens with zero attached hydrogens (tertiary/aromatic N) is 1. The number of likely N-dealkylation sites (N-methyl/N-ethyl adjacent to an activating group) is 1. The normalized spacial score (nSPS) is 21.4. The van der Waals surface area contributed by atoms with Crippen LogP contribution in [0.3, 0.4) is 0 Å². The fourth-order valence-electron chi connectivity index (χ4n) is 1.69. The summed E-state index contributed by atoms with van der Waals surface area (Å²) < 4.78 is 0. The lowest BCUT2D eigenvalue weighted by molar-refractivity contribution is -0.126. The van der Waals surface area contributed by atoms with Crippen LogP contribution in [0.15, 0.2) is 0 Å². The van der Waals surface area contributed by atoms with E-state index in [1.54, 1.807) is 7.05 Å². The van der Waals surface area contributed by atoms with E-state index in [0.717, 1.165) is 0 Å². The fraction of sp³-hybridized carbons (Fsp3) is 0.750. The molecule has 1 aliphatic rings.